The number of carbonyl (C=O) groups is 1. The monoisotopic (exact) mass is 429 g/mol. The lowest BCUT2D eigenvalue weighted by Gasteiger charge is -2.11. The van der Waals surface area contributed by atoms with Crippen LogP contribution in [0.2, 0.25) is 0 Å². The van der Waals surface area contributed by atoms with Gasteiger partial charge in [-0.25, -0.2) is 9.18 Å². The summed E-state index contributed by atoms with van der Waals surface area (Å²) < 4.78 is 19.3. The zero-order valence-electron chi connectivity index (χ0n) is 14.3. The number of hydrogen-bond donors (Lipinski definition) is 2. The predicted octanol–water partition coefficient (Wildman–Crippen LogP) is 4.88. The number of pyridine rings is 1. The second-order valence-corrected chi connectivity index (χ2v) is 6.54. The molecular formula is C20H17BrFN3O2. The molecule has 1 aromatic heterocycles. The molecule has 0 radical (unpaired) electrons. The molecule has 7 heteroatoms. The molecule has 0 aliphatic carbocycles. The van der Waals surface area contributed by atoms with Gasteiger partial charge in [-0.1, -0.05) is 18.2 Å². The maximum atomic E-state index is 13.1. The minimum atomic E-state index is -0.387. The van der Waals surface area contributed by atoms with Crippen molar-refractivity contribution in [3.8, 4) is 5.75 Å². The van der Waals surface area contributed by atoms with E-state index >= 15 is 0 Å². The van der Waals surface area contributed by atoms with E-state index in [2.05, 4.69) is 31.5 Å². The van der Waals surface area contributed by atoms with Crippen molar-refractivity contribution in [2.45, 2.75) is 13.2 Å². The van der Waals surface area contributed by atoms with Gasteiger partial charge in [0.1, 0.15) is 18.2 Å². The highest BCUT2D eigenvalue weighted by molar-refractivity contribution is 9.10. The summed E-state index contributed by atoms with van der Waals surface area (Å²) >= 11 is 3.21. The Balaban J connectivity index is 1.52. The van der Waals surface area contributed by atoms with Crippen molar-refractivity contribution in [2.24, 2.45) is 0 Å². The number of nitrogens with one attached hydrogen (secondary N) is 2. The first-order valence-electron chi connectivity index (χ1n) is 8.22. The molecule has 0 fully saturated rings. The van der Waals surface area contributed by atoms with E-state index < -0.39 is 0 Å². The number of halogens is 2. The first-order valence-corrected chi connectivity index (χ1v) is 9.01. The number of rotatable bonds is 6. The maximum Gasteiger partial charge on any atom is 0.319 e. The van der Waals surface area contributed by atoms with Crippen LogP contribution in [0.5, 0.6) is 5.75 Å². The van der Waals surface area contributed by atoms with Crippen LogP contribution in [0.3, 0.4) is 0 Å². The number of amides is 2. The molecule has 3 rings (SSSR count). The van der Waals surface area contributed by atoms with Gasteiger partial charge in [0.25, 0.3) is 0 Å². The fraction of sp³-hybridized carbons (Fsp3) is 0.100. The van der Waals surface area contributed by atoms with E-state index in [4.69, 9.17) is 4.74 Å². The zero-order valence-corrected chi connectivity index (χ0v) is 15.9. The summed E-state index contributed by atoms with van der Waals surface area (Å²) in [5, 5.41) is 5.42. The van der Waals surface area contributed by atoms with Crippen LogP contribution >= 0.6 is 15.9 Å². The minimum absolute atomic E-state index is 0.325. The van der Waals surface area contributed by atoms with E-state index in [0.29, 0.717) is 29.1 Å². The molecule has 0 bridgehead atoms. The largest absolute Gasteiger partial charge is 0.487 e. The van der Waals surface area contributed by atoms with Crippen LogP contribution < -0.4 is 15.4 Å². The Labute approximate surface area is 164 Å². The Hall–Kier alpha value is -2.93. The van der Waals surface area contributed by atoms with E-state index in [1.807, 2.05) is 42.5 Å². The molecule has 2 aromatic carbocycles. The molecule has 0 saturated heterocycles. The van der Waals surface area contributed by atoms with Crippen molar-refractivity contribution in [1.29, 1.82) is 0 Å². The van der Waals surface area contributed by atoms with Crippen molar-refractivity contribution >= 4 is 27.6 Å². The van der Waals surface area contributed by atoms with Gasteiger partial charge < -0.3 is 15.4 Å². The molecule has 5 nitrogen and oxygen atoms in total. The van der Waals surface area contributed by atoms with Gasteiger partial charge in [0.05, 0.1) is 11.4 Å². The summed E-state index contributed by atoms with van der Waals surface area (Å²) in [6, 6.07) is 16.8. The second kappa shape index (κ2) is 9.14. The normalized spacial score (nSPS) is 10.3. The molecule has 1 heterocycles. The molecule has 0 atom stereocenters. The topological polar surface area (TPSA) is 63.2 Å². The lowest BCUT2D eigenvalue weighted by atomic mass is 10.2. The Kier molecular flexibility index (Phi) is 6.38. The van der Waals surface area contributed by atoms with Crippen LogP contribution in [0.25, 0.3) is 0 Å². The number of nitrogens with zero attached hydrogens (tertiary/aromatic N) is 1. The molecule has 0 aliphatic heterocycles. The number of carbonyl (C=O) groups excluding carboxylic acids is 1. The summed E-state index contributed by atoms with van der Waals surface area (Å²) in [6.45, 7) is 0.697. The summed E-state index contributed by atoms with van der Waals surface area (Å²) in [6.07, 6.45) is 1.72. The Bertz CT molecular complexity index is 922. The molecular weight excluding hydrogens is 413 g/mol. The van der Waals surface area contributed by atoms with Gasteiger partial charge in [-0.05, 0) is 64.0 Å². The fourth-order valence-corrected chi connectivity index (χ4v) is 2.78. The molecule has 0 saturated carbocycles. The van der Waals surface area contributed by atoms with E-state index in [-0.39, 0.29) is 11.8 Å². The van der Waals surface area contributed by atoms with Gasteiger partial charge >= 0.3 is 6.03 Å². The molecule has 2 amide bonds. The van der Waals surface area contributed by atoms with Crippen molar-refractivity contribution in [1.82, 2.24) is 10.3 Å². The number of benzene rings is 2. The average molecular weight is 430 g/mol. The van der Waals surface area contributed by atoms with Crippen LogP contribution in [-0.4, -0.2) is 11.0 Å². The number of hydrogen-bond acceptors (Lipinski definition) is 3. The summed E-state index contributed by atoms with van der Waals surface area (Å²) in [4.78, 5) is 16.3. The molecule has 0 spiro atoms. The Morgan fingerprint density at radius 1 is 1.11 bits per heavy atom. The van der Waals surface area contributed by atoms with Crippen molar-refractivity contribution in [3.05, 3.63) is 88.4 Å². The highest BCUT2D eigenvalue weighted by Crippen LogP contribution is 2.23. The Morgan fingerprint density at radius 3 is 2.78 bits per heavy atom. The van der Waals surface area contributed by atoms with Gasteiger partial charge in [-0.15, -0.1) is 0 Å². The van der Waals surface area contributed by atoms with Gasteiger partial charge in [0, 0.05) is 17.2 Å². The van der Waals surface area contributed by atoms with Crippen molar-refractivity contribution < 1.29 is 13.9 Å². The average Bonchev–Trinajstić information content (AvgIpc) is 2.68. The highest BCUT2D eigenvalue weighted by Gasteiger charge is 2.06. The van der Waals surface area contributed by atoms with Gasteiger partial charge in [-0.3, -0.25) is 4.98 Å². The predicted molar refractivity (Wildman–Crippen MR) is 105 cm³/mol. The van der Waals surface area contributed by atoms with Crippen molar-refractivity contribution in [3.63, 3.8) is 0 Å². The van der Waals surface area contributed by atoms with E-state index in [9.17, 15) is 9.18 Å². The van der Waals surface area contributed by atoms with Gasteiger partial charge in [0.15, 0.2) is 0 Å². The molecule has 2 N–H and O–H groups in total. The third-order valence-electron chi connectivity index (χ3n) is 3.64. The van der Waals surface area contributed by atoms with Crippen molar-refractivity contribution in [2.75, 3.05) is 5.32 Å². The maximum absolute atomic E-state index is 13.1. The van der Waals surface area contributed by atoms with Crippen LogP contribution in [0.15, 0.2) is 71.3 Å². The van der Waals surface area contributed by atoms with E-state index in [1.54, 1.807) is 6.20 Å². The lowest BCUT2D eigenvalue weighted by Crippen LogP contribution is -2.28. The molecule has 0 aliphatic rings. The highest BCUT2D eigenvalue weighted by atomic mass is 79.9. The zero-order chi connectivity index (χ0) is 19.1. The standard InChI is InChI=1S/C20H17BrFN3O2/c21-18-11-15(22)7-8-19(18)25-20(26)24-12-14-4-3-6-17(10-14)27-13-16-5-1-2-9-23-16/h1-11H,12-13H2,(H2,24,25,26). The summed E-state index contributed by atoms with van der Waals surface area (Å²) in [7, 11) is 0. The molecule has 3 aromatic rings. The van der Waals surface area contributed by atoms with Crippen LogP contribution in [0.4, 0.5) is 14.9 Å². The van der Waals surface area contributed by atoms with Crippen LogP contribution in [0.1, 0.15) is 11.3 Å². The fourth-order valence-electron chi connectivity index (χ4n) is 2.33. The summed E-state index contributed by atoms with van der Waals surface area (Å²) in [5.74, 6) is 0.317. The van der Waals surface area contributed by atoms with Gasteiger partial charge in [-0.2, -0.15) is 0 Å². The number of ether oxygens (including phenoxy) is 1. The first kappa shape index (κ1) is 18.8. The van der Waals surface area contributed by atoms with E-state index in [0.717, 1.165) is 11.3 Å². The third-order valence-corrected chi connectivity index (χ3v) is 4.30. The Morgan fingerprint density at radius 2 is 2.00 bits per heavy atom. The first-order chi connectivity index (χ1) is 13.1. The number of aromatic nitrogens is 1. The van der Waals surface area contributed by atoms with Crippen LogP contribution in [-0.2, 0) is 13.2 Å². The number of anilines is 1. The van der Waals surface area contributed by atoms with Crippen LogP contribution in [0, 0.1) is 5.82 Å². The van der Waals surface area contributed by atoms with Gasteiger partial charge in [0.2, 0.25) is 0 Å². The third kappa shape index (κ3) is 5.79. The minimum Gasteiger partial charge on any atom is -0.487 e. The molecule has 0 unspecified atom stereocenters. The van der Waals surface area contributed by atoms with E-state index in [1.165, 1.54) is 18.2 Å². The summed E-state index contributed by atoms with van der Waals surface area (Å²) in [5.41, 5.74) is 2.22. The molecule has 27 heavy (non-hydrogen) atoms. The SMILES string of the molecule is O=C(NCc1cccc(OCc2ccccn2)c1)Nc1ccc(F)cc1Br. The lowest BCUT2D eigenvalue weighted by molar-refractivity contribution is 0.251. The number of urea groups is 1. The second-order valence-electron chi connectivity index (χ2n) is 5.69. The molecule has 138 valence electrons. The quantitative estimate of drug-likeness (QED) is 0.586. The smallest absolute Gasteiger partial charge is 0.319 e.